The Morgan fingerprint density at radius 2 is 2.20 bits per heavy atom. The van der Waals surface area contributed by atoms with Gasteiger partial charge in [0, 0.05) is 37.4 Å². The van der Waals surface area contributed by atoms with E-state index in [2.05, 4.69) is 11.8 Å². The first-order chi connectivity index (χ1) is 6.96. The van der Waals surface area contributed by atoms with Crippen LogP contribution in [0.1, 0.15) is 32.6 Å². The quantitative estimate of drug-likeness (QED) is 0.667. The van der Waals surface area contributed by atoms with Gasteiger partial charge in [0.05, 0.1) is 0 Å². The summed E-state index contributed by atoms with van der Waals surface area (Å²) in [7, 11) is 0. The summed E-state index contributed by atoms with van der Waals surface area (Å²) in [6.07, 6.45) is 1.81. The van der Waals surface area contributed by atoms with Gasteiger partial charge in [-0.15, -0.1) is 11.6 Å². The van der Waals surface area contributed by atoms with Crippen LogP contribution >= 0.6 is 11.6 Å². The lowest BCUT2D eigenvalue weighted by Crippen LogP contribution is -2.32. The van der Waals surface area contributed by atoms with Crippen molar-refractivity contribution in [1.82, 2.24) is 4.90 Å². The molecule has 1 saturated heterocycles. The highest BCUT2D eigenvalue weighted by molar-refractivity contribution is 6.21. The van der Waals surface area contributed by atoms with Crippen molar-refractivity contribution in [2.24, 2.45) is 5.92 Å². The first kappa shape index (κ1) is 11.6. The number of halogens is 3. The van der Waals surface area contributed by atoms with E-state index in [0.717, 1.165) is 19.5 Å². The summed E-state index contributed by atoms with van der Waals surface area (Å²) in [5.41, 5.74) is 0. The summed E-state index contributed by atoms with van der Waals surface area (Å²) in [6.45, 7) is 3.81. The summed E-state index contributed by atoms with van der Waals surface area (Å²) in [5.74, 6) is -2.24. The van der Waals surface area contributed by atoms with Gasteiger partial charge >= 0.3 is 0 Å². The molecule has 1 aliphatic carbocycles. The Labute approximate surface area is 94.8 Å². The Bertz CT molecular complexity index is 235. The van der Waals surface area contributed by atoms with E-state index in [-0.39, 0.29) is 24.1 Å². The van der Waals surface area contributed by atoms with Gasteiger partial charge in [0.2, 0.25) is 5.92 Å². The third kappa shape index (κ3) is 2.82. The van der Waals surface area contributed by atoms with Gasteiger partial charge in [0.15, 0.2) is 0 Å². The molecule has 3 atom stereocenters. The predicted molar refractivity (Wildman–Crippen MR) is 57.6 cm³/mol. The number of likely N-dealkylation sites (tertiary alicyclic amines) is 1. The van der Waals surface area contributed by atoms with Crippen molar-refractivity contribution in [3.05, 3.63) is 0 Å². The molecule has 0 radical (unpaired) electrons. The van der Waals surface area contributed by atoms with Crippen LogP contribution in [-0.2, 0) is 0 Å². The molecule has 1 saturated carbocycles. The maximum absolute atomic E-state index is 13.0. The van der Waals surface area contributed by atoms with Crippen LogP contribution in [-0.4, -0.2) is 35.3 Å². The largest absolute Gasteiger partial charge is 0.299 e. The summed E-state index contributed by atoms with van der Waals surface area (Å²) >= 11 is 6.05. The van der Waals surface area contributed by atoms with Crippen molar-refractivity contribution in [2.45, 2.75) is 49.9 Å². The standard InChI is InChI=1S/C11H18ClF2N/c1-8-4-10(12)7-15(8)6-9-2-3-11(13,14)5-9/h8-10H,2-7H2,1H3. The molecule has 3 unspecified atom stereocenters. The van der Waals surface area contributed by atoms with Crippen molar-refractivity contribution in [3.63, 3.8) is 0 Å². The highest BCUT2D eigenvalue weighted by Crippen LogP contribution is 2.39. The molecule has 0 spiro atoms. The number of hydrogen-bond acceptors (Lipinski definition) is 1. The zero-order chi connectivity index (χ0) is 11.1. The lowest BCUT2D eigenvalue weighted by molar-refractivity contribution is 0.00332. The number of nitrogens with zero attached hydrogens (tertiary/aromatic N) is 1. The average molecular weight is 238 g/mol. The molecule has 15 heavy (non-hydrogen) atoms. The van der Waals surface area contributed by atoms with Gasteiger partial charge in [-0.3, -0.25) is 4.90 Å². The molecule has 0 aromatic heterocycles. The summed E-state index contributed by atoms with van der Waals surface area (Å²) in [5, 5.41) is 0.210. The summed E-state index contributed by atoms with van der Waals surface area (Å²) < 4.78 is 26.0. The van der Waals surface area contributed by atoms with E-state index in [1.165, 1.54) is 0 Å². The van der Waals surface area contributed by atoms with Crippen LogP contribution < -0.4 is 0 Å². The van der Waals surface area contributed by atoms with E-state index in [0.29, 0.717) is 12.5 Å². The minimum atomic E-state index is -2.41. The average Bonchev–Trinajstić information content (AvgIpc) is 2.57. The number of rotatable bonds is 2. The molecule has 1 nitrogen and oxygen atoms in total. The first-order valence-corrected chi connectivity index (χ1v) is 6.16. The molecular formula is C11H18ClF2N. The molecule has 2 aliphatic rings. The molecule has 0 N–H and O–H groups in total. The molecule has 88 valence electrons. The predicted octanol–water partition coefficient (Wildman–Crippen LogP) is 3.12. The van der Waals surface area contributed by atoms with E-state index in [4.69, 9.17) is 11.6 Å². The van der Waals surface area contributed by atoms with Gasteiger partial charge in [-0.1, -0.05) is 0 Å². The Balaban J connectivity index is 1.83. The van der Waals surface area contributed by atoms with Crippen LogP contribution in [0, 0.1) is 5.92 Å². The topological polar surface area (TPSA) is 3.24 Å². The van der Waals surface area contributed by atoms with E-state index in [1.807, 2.05) is 0 Å². The molecule has 1 aliphatic heterocycles. The van der Waals surface area contributed by atoms with E-state index < -0.39 is 5.92 Å². The fourth-order valence-electron chi connectivity index (χ4n) is 2.81. The third-order valence-corrected chi connectivity index (χ3v) is 3.97. The van der Waals surface area contributed by atoms with Crippen LogP contribution in [0.5, 0.6) is 0 Å². The van der Waals surface area contributed by atoms with Gasteiger partial charge < -0.3 is 0 Å². The highest BCUT2D eigenvalue weighted by atomic mass is 35.5. The maximum atomic E-state index is 13.0. The minimum absolute atomic E-state index is 0.0726. The molecule has 2 fully saturated rings. The molecule has 4 heteroatoms. The molecule has 0 aromatic carbocycles. The Kier molecular flexibility index (Phi) is 3.22. The van der Waals surface area contributed by atoms with Gasteiger partial charge in [0.25, 0.3) is 0 Å². The highest BCUT2D eigenvalue weighted by Gasteiger charge is 2.41. The number of alkyl halides is 3. The summed E-state index contributed by atoms with van der Waals surface area (Å²) in [6, 6.07) is 0.460. The van der Waals surface area contributed by atoms with Crippen LogP contribution in [0.2, 0.25) is 0 Å². The lowest BCUT2D eigenvalue weighted by atomic mass is 10.1. The van der Waals surface area contributed by atoms with Gasteiger partial charge in [-0.05, 0) is 25.7 Å². The normalized spacial score (nSPS) is 41.2. The molecular weight excluding hydrogens is 220 g/mol. The fraction of sp³-hybridized carbons (Fsp3) is 1.00. The second-order valence-electron chi connectivity index (χ2n) is 5.10. The third-order valence-electron chi connectivity index (χ3n) is 3.65. The van der Waals surface area contributed by atoms with Crippen molar-refractivity contribution in [3.8, 4) is 0 Å². The SMILES string of the molecule is CC1CC(Cl)CN1CC1CCC(F)(F)C1. The molecule has 0 amide bonds. The smallest absolute Gasteiger partial charge is 0.248 e. The second kappa shape index (κ2) is 4.17. The zero-order valence-electron chi connectivity index (χ0n) is 9.06. The van der Waals surface area contributed by atoms with Gasteiger partial charge in [0.1, 0.15) is 0 Å². The van der Waals surface area contributed by atoms with Crippen molar-refractivity contribution < 1.29 is 8.78 Å². The fourth-order valence-corrected chi connectivity index (χ4v) is 3.25. The van der Waals surface area contributed by atoms with Crippen molar-refractivity contribution in [1.29, 1.82) is 0 Å². The van der Waals surface area contributed by atoms with Crippen LogP contribution in [0.3, 0.4) is 0 Å². The summed E-state index contributed by atoms with van der Waals surface area (Å²) in [4.78, 5) is 2.27. The second-order valence-corrected chi connectivity index (χ2v) is 5.72. The Hall–Kier alpha value is 0.110. The Morgan fingerprint density at radius 3 is 2.67 bits per heavy atom. The van der Waals surface area contributed by atoms with E-state index in [1.54, 1.807) is 0 Å². The van der Waals surface area contributed by atoms with E-state index in [9.17, 15) is 8.78 Å². The zero-order valence-corrected chi connectivity index (χ0v) is 9.81. The molecule has 1 heterocycles. The van der Waals surface area contributed by atoms with Crippen LogP contribution in [0.4, 0.5) is 8.78 Å². The molecule has 2 rings (SSSR count). The molecule has 0 aromatic rings. The van der Waals surface area contributed by atoms with Gasteiger partial charge in [-0.2, -0.15) is 0 Å². The van der Waals surface area contributed by atoms with Crippen LogP contribution in [0.25, 0.3) is 0 Å². The Morgan fingerprint density at radius 1 is 1.47 bits per heavy atom. The van der Waals surface area contributed by atoms with Crippen molar-refractivity contribution in [2.75, 3.05) is 13.1 Å². The van der Waals surface area contributed by atoms with Gasteiger partial charge in [-0.25, -0.2) is 8.78 Å². The van der Waals surface area contributed by atoms with E-state index >= 15 is 0 Å². The first-order valence-electron chi connectivity index (χ1n) is 5.72. The minimum Gasteiger partial charge on any atom is -0.299 e. The van der Waals surface area contributed by atoms with Crippen molar-refractivity contribution >= 4 is 11.6 Å². The molecule has 0 bridgehead atoms. The maximum Gasteiger partial charge on any atom is 0.248 e. The lowest BCUT2D eigenvalue weighted by Gasteiger charge is -2.24. The number of hydrogen-bond donors (Lipinski definition) is 0. The van der Waals surface area contributed by atoms with Crippen LogP contribution in [0.15, 0.2) is 0 Å². The monoisotopic (exact) mass is 237 g/mol.